The quantitative estimate of drug-likeness (QED) is 0.322. The molecule has 6 heteroatoms. The summed E-state index contributed by atoms with van der Waals surface area (Å²) in [6, 6.07) is 20.5. The summed E-state index contributed by atoms with van der Waals surface area (Å²) in [5, 5.41) is 1.19. The van der Waals surface area contributed by atoms with Crippen LogP contribution in [0, 0.1) is 3.57 Å². The molecular weight excluding hydrogens is 499 g/mol. The molecule has 0 saturated carbocycles. The summed E-state index contributed by atoms with van der Waals surface area (Å²) in [5.74, 6) is 1.33. The number of hydrogen-bond acceptors (Lipinski definition) is 3. The second-order valence-electron chi connectivity index (χ2n) is 6.35. The molecule has 0 radical (unpaired) electrons. The van der Waals surface area contributed by atoms with E-state index in [1.807, 2.05) is 66.7 Å². The van der Waals surface area contributed by atoms with Gasteiger partial charge in [-0.15, -0.1) is 0 Å². The Morgan fingerprint density at radius 3 is 2.41 bits per heavy atom. The summed E-state index contributed by atoms with van der Waals surface area (Å²) in [5.41, 5.74) is 2.23. The zero-order valence-electron chi connectivity index (χ0n) is 15.5. The molecule has 0 amide bonds. The lowest BCUT2D eigenvalue weighted by Crippen LogP contribution is -2.22. The number of hydrogen-bond donors (Lipinski definition) is 0. The standard InChI is InChI=1S/C23H16ClIN2O2/c1-29-19-10-2-15(3-11-19)4-13-22-26-21-12-7-17(25)14-20(21)23(28)27(22)18-8-5-16(24)6-9-18/h2-14H,1H3/b13-4+. The van der Waals surface area contributed by atoms with Gasteiger partial charge in [0.15, 0.2) is 0 Å². The molecular formula is C23H16ClIN2O2. The Morgan fingerprint density at radius 1 is 1.00 bits per heavy atom. The maximum Gasteiger partial charge on any atom is 0.266 e. The van der Waals surface area contributed by atoms with E-state index in [9.17, 15) is 4.79 Å². The molecule has 0 N–H and O–H groups in total. The Balaban J connectivity index is 1.89. The van der Waals surface area contributed by atoms with Crippen molar-refractivity contribution in [2.75, 3.05) is 7.11 Å². The number of benzene rings is 3. The van der Waals surface area contributed by atoms with Crippen LogP contribution >= 0.6 is 34.2 Å². The first-order chi connectivity index (χ1) is 14.0. The number of rotatable bonds is 4. The SMILES string of the molecule is COc1ccc(/C=C/c2nc3ccc(I)cc3c(=O)n2-c2ccc(Cl)cc2)cc1. The van der Waals surface area contributed by atoms with Gasteiger partial charge in [0.05, 0.1) is 23.7 Å². The van der Waals surface area contributed by atoms with Crippen molar-refractivity contribution >= 4 is 57.2 Å². The molecule has 0 unspecified atom stereocenters. The lowest BCUT2D eigenvalue weighted by Gasteiger charge is -2.12. The Kier molecular flexibility index (Phi) is 5.69. The lowest BCUT2D eigenvalue weighted by molar-refractivity contribution is 0.415. The average Bonchev–Trinajstić information content (AvgIpc) is 2.74. The van der Waals surface area contributed by atoms with Gasteiger partial charge in [0.1, 0.15) is 11.6 Å². The van der Waals surface area contributed by atoms with E-state index >= 15 is 0 Å². The number of fused-ring (bicyclic) bond motifs is 1. The number of methoxy groups -OCH3 is 1. The van der Waals surface area contributed by atoms with Crippen molar-refractivity contribution in [2.45, 2.75) is 0 Å². The van der Waals surface area contributed by atoms with Crippen molar-refractivity contribution in [3.8, 4) is 11.4 Å². The van der Waals surface area contributed by atoms with Gasteiger partial charge in [-0.25, -0.2) is 4.98 Å². The smallest absolute Gasteiger partial charge is 0.266 e. The predicted octanol–water partition coefficient (Wildman–Crippen LogP) is 5.82. The molecule has 0 saturated heterocycles. The molecule has 4 rings (SSSR count). The maximum atomic E-state index is 13.3. The fourth-order valence-electron chi connectivity index (χ4n) is 3.01. The van der Waals surface area contributed by atoms with Gasteiger partial charge in [-0.2, -0.15) is 0 Å². The lowest BCUT2D eigenvalue weighted by atomic mass is 10.2. The third-order valence-electron chi connectivity index (χ3n) is 4.48. The minimum Gasteiger partial charge on any atom is -0.497 e. The van der Waals surface area contributed by atoms with Crippen LogP contribution in [-0.4, -0.2) is 16.7 Å². The minimum atomic E-state index is -0.120. The maximum absolute atomic E-state index is 13.3. The zero-order chi connectivity index (χ0) is 20.4. The van der Waals surface area contributed by atoms with Crippen molar-refractivity contribution in [3.63, 3.8) is 0 Å². The third kappa shape index (κ3) is 4.21. The molecule has 4 aromatic rings. The number of halogens is 2. The van der Waals surface area contributed by atoms with Crippen LogP contribution in [0.15, 0.2) is 71.5 Å². The van der Waals surface area contributed by atoms with Gasteiger partial charge in [0, 0.05) is 8.59 Å². The van der Waals surface area contributed by atoms with Crippen molar-refractivity contribution in [1.82, 2.24) is 9.55 Å². The molecule has 29 heavy (non-hydrogen) atoms. The van der Waals surface area contributed by atoms with Gasteiger partial charge < -0.3 is 4.74 Å². The molecule has 4 nitrogen and oxygen atoms in total. The van der Waals surface area contributed by atoms with Crippen molar-refractivity contribution in [1.29, 1.82) is 0 Å². The Hall–Kier alpha value is -2.64. The number of ether oxygens (including phenoxy) is 1. The first-order valence-electron chi connectivity index (χ1n) is 8.85. The highest BCUT2D eigenvalue weighted by Gasteiger charge is 2.11. The highest BCUT2D eigenvalue weighted by atomic mass is 127. The highest BCUT2D eigenvalue weighted by molar-refractivity contribution is 14.1. The van der Waals surface area contributed by atoms with Crippen LogP contribution in [-0.2, 0) is 0 Å². The molecule has 0 aliphatic heterocycles. The normalized spacial score (nSPS) is 11.3. The zero-order valence-corrected chi connectivity index (χ0v) is 18.4. The van der Waals surface area contributed by atoms with Gasteiger partial charge >= 0.3 is 0 Å². The molecule has 0 bridgehead atoms. The van der Waals surface area contributed by atoms with Crippen LogP contribution in [0.4, 0.5) is 0 Å². The number of aromatic nitrogens is 2. The molecule has 144 valence electrons. The van der Waals surface area contributed by atoms with E-state index in [0.29, 0.717) is 27.4 Å². The minimum absolute atomic E-state index is 0.120. The summed E-state index contributed by atoms with van der Waals surface area (Å²) >= 11 is 8.23. The Morgan fingerprint density at radius 2 is 1.72 bits per heavy atom. The Labute approximate surface area is 186 Å². The second-order valence-corrected chi connectivity index (χ2v) is 8.04. The fraction of sp³-hybridized carbons (Fsp3) is 0.0435. The first kappa shape index (κ1) is 19.7. The van der Waals surface area contributed by atoms with E-state index in [1.165, 1.54) is 0 Å². The molecule has 1 aromatic heterocycles. The number of nitrogens with zero attached hydrogens (tertiary/aromatic N) is 2. The van der Waals surface area contributed by atoms with Crippen LogP contribution in [0.25, 0.3) is 28.7 Å². The molecule has 0 spiro atoms. The summed E-state index contributed by atoms with van der Waals surface area (Å²) in [7, 11) is 1.63. The highest BCUT2D eigenvalue weighted by Crippen LogP contribution is 2.19. The van der Waals surface area contributed by atoms with Gasteiger partial charge in [0.2, 0.25) is 0 Å². The van der Waals surface area contributed by atoms with Crippen molar-refractivity contribution < 1.29 is 4.74 Å². The van der Waals surface area contributed by atoms with Crippen LogP contribution in [0.1, 0.15) is 11.4 Å². The van der Waals surface area contributed by atoms with E-state index < -0.39 is 0 Å². The second kappa shape index (κ2) is 8.39. The van der Waals surface area contributed by atoms with E-state index in [4.69, 9.17) is 21.3 Å². The summed E-state index contributed by atoms with van der Waals surface area (Å²) in [4.78, 5) is 18.1. The Bertz CT molecular complexity index is 1260. The fourth-order valence-corrected chi connectivity index (χ4v) is 3.63. The molecule has 0 aliphatic carbocycles. The molecule has 3 aromatic carbocycles. The van der Waals surface area contributed by atoms with Crippen molar-refractivity contribution in [2.24, 2.45) is 0 Å². The van der Waals surface area contributed by atoms with Gasteiger partial charge in [0.25, 0.3) is 5.56 Å². The molecule has 0 fully saturated rings. The first-order valence-corrected chi connectivity index (χ1v) is 10.3. The van der Waals surface area contributed by atoms with E-state index in [1.54, 1.807) is 23.8 Å². The van der Waals surface area contributed by atoms with Crippen LogP contribution in [0.2, 0.25) is 5.02 Å². The largest absolute Gasteiger partial charge is 0.497 e. The van der Waals surface area contributed by atoms with Crippen LogP contribution in [0.3, 0.4) is 0 Å². The average molecular weight is 515 g/mol. The van der Waals surface area contributed by atoms with E-state index in [0.717, 1.165) is 14.9 Å². The van der Waals surface area contributed by atoms with E-state index in [2.05, 4.69) is 22.6 Å². The summed E-state index contributed by atoms with van der Waals surface area (Å²) < 4.78 is 7.79. The summed E-state index contributed by atoms with van der Waals surface area (Å²) in [6.45, 7) is 0. The monoisotopic (exact) mass is 514 g/mol. The molecule has 0 atom stereocenters. The third-order valence-corrected chi connectivity index (χ3v) is 5.40. The molecule has 0 aliphatic rings. The van der Waals surface area contributed by atoms with Crippen molar-refractivity contribution in [3.05, 3.63) is 97.1 Å². The van der Waals surface area contributed by atoms with Gasteiger partial charge in [-0.1, -0.05) is 29.8 Å². The van der Waals surface area contributed by atoms with E-state index in [-0.39, 0.29) is 5.56 Å². The van der Waals surface area contributed by atoms with Crippen LogP contribution in [0.5, 0.6) is 5.75 Å². The van der Waals surface area contributed by atoms with Crippen LogP contribution < -0.4 is 10.3 Å². The van der Waals surface area contributed by atoms with Gasteiger partial charge in [-0.05, 0) is 88.8 Å². The van der Waals surface area contributed by atoms with Gasteiger partial charge in [-0.3, -0.25) is 9.36 Å². The summed E-state index contributed by atoms with van der Waals surface area (Å²) in [6.07, 6.45) is 3.77. The predicted molar refractivity (Wildman–Crippen MR) is 127 cm³/mol. The molecule has 1 heterocycles. The topological polar surface area (TPSA) is 44.1 Å².